The number of hydrogen-bond donors (Lipinski definition) is 2. The molecule has 1 amide bonds. The first-order chi connectivity index (χ1) is 19.6. The number of nitrogens with one attached hydrogen (secondary N) is 2. The van der Waals surface area contributed by atoms with Crippen molar-refractivity contribution in [2.75, 3.05) is 19.0 Å². The van der Waals surface area contributed by atoms with Gasteiger partial charge in [0, 0.05) is 56.1 Å². The highest BCUT2D eigenvalue weighted by atomic mass is 28.3. The molecule has 0 atom stereocenters. The lowest BCUT2D eigenvalue weighted by atomic mass is 9.86. The van der Waals surface area contributed by atoms with E-state index in [1.54, 1.807) is 6.20 Å². The van der Waals surface area contributed by atoms with E-state index in [2.05, 4.69) is 73.6 Å². The zero-order valence-corrected chi connectivity index (χ0v) is 25.7. The minimum absolute atomic E-state index is 0.0284. The van der Waals surface area contributed by atoms with Gasteiger partial charge in [-0.25, -0.2) is 9.78 Å². The van der Waals surface area contributed by atoms with Crippen LogP contribution in [0, 0.1) is 0 Å². The maximum atomic E-state index is 12.2. The van der Waals surface area contributed by atoms with E-state index in [0.717, 1.165) is 63.9 Å². The molecule has 0 spiro atoms. The molecule has 1 aliphatic rings. The zero-order chi connectivity index (χ0) is 29.3. The van der Waals surface area contributed by atoms with Gasteiger partial charge in [0.05, 0.1) is 35.5 Å². The first kappa shape index (κ1) is 28.8. The standard InChI is InChI=1S/C30H40N6O4Si/c1-19(2)36-26-8-7-20(11-21(26)15-32-36)25-16-35(18-40-9-10-41(4,5)6)29-27(25)28(22(17-37)14-31-29)33-23-12-24(13-23)34-30(38)39-3/h7-8,11,14-17,19,23-24H,9-10,12-13,18H2,1-6H3,(H,31,33)(H,34,38). The number of nitrogens with zero attached hydrogens (tertiary/aromatic N) is 4. The Labute approximate surface area is 241 Å². The van der Waals surface area contributed by atoms with Crippen molar-refractivity contribution >= 4 is 48.1 Å². The molecule has 11 heteroatoms. The number of aromatic nitrogens is 4. The van der Waals surface area contributed by atoms with Gasteiger partial charge in [-0.1, -0.05) is 25.7 Å². The number of ether oxygens (including phenoxy) is 2. The van der Waals surface area contributed by atoms with Crippen LogP contribution in [-0.2, 0) is 16.2 Å². The van der Waals surface area contributed by atoms with Gasteiger partial charge in [-0.05, 0) is 50.4 Å². The third-order valence-electron chi connectivity index (χ3n) is 7.66. The molecule has 5 rings (SSSR count). The Kier molecular flexibility index (Phi) is 8.19. The van der Waals surface area contributed by atoms with E-state index in [9.17, 15) is 9.59 Å². The van der Waals surface area contributed by atoms with Crippen LogP contribution in [0.5, 0.6) is 0 Å². The molecule has 2 N–H and O–H groups in total. The van der Waals surface area contributed by atoms with Gasteiger partial charge in [-0.2, -0.15) is 5.10 Å². The van der Waals surface area contributed by atoms with Crippen LogP contribution >= 0.6 is 0 Å². The Morgan fingerprint density at radius 3 is 2.66 bits per heavy atom. The minimum atomic E-state index is -1.23. The summed E-state index contributed by atoms with van der Waals surface area (Å²) in [5, 5.41) is 13.0. The quantitative estimate of drug-likeness (QED) is 0.127. The van der Waals surface area contributed by atoms with E-state index < -0.39 is 14.2 Å². The fourth-order valence-electron chi connectivity index (χ4n) is 5.29. The van der Waals surface area contributed by atoms with Gasteiger partial charge in [-0.3, -0.25) is 9.48 Å². The van der Waals surface area contributed by atoms with E-state index in [1.165, 1.54) is 7.11 Å². The van der Waals surface area contributed by atoms with Crippen molar-refractivity contribution in [3.05, 3.63) is 42.4 Å². The highest BCUT2D eigenvalue weighted by Gasteiger charge is 2.32. The summed E-state index contributed by atoms with van der Waals surface area (Å²) in [6, 6.07) is 7.80. The maximum absolute atomic E-state index is 12.2. The summed E-state index contributed by atoms with van der Waals surface area (Å²) in [5.41, 5.74) is 5.05. The molecule has 1 saturated carbocycles. The van der Waals surface area contributed by atoms with Crippen molar-refractivity contribution in [2.45, 2.75) is 77.2 Å². The molecule has 0 unspecified atom stereocenters. The number of amides is 1. The molecule has 0 bridgehead atoms. The minimum Gasteiger partial charge on any atom is -0.453 e. The van der Waals surface area contributed by atoms with Crippen LogP contribution in [-0.4, -0.2) is 65.6 Å². The fourth-order valence-corrected chi connectivity index (χ4v) is 6.05. The van der Waals surface area contributed by atoms with Crippen LogP contribution in [0.25, 0.3) is 33.1 Å². The summed E-state index contributed by atoms with van der Waals surface area (Å²) in [6.07, 6.45) is 7.47. The van der Waals surface area contributed by atoms with E-state index in [0.29, 0.717) is 18.9 Å². The van der Waals surface area contributed by atoms with Crippen LogP contribution < -0.4 is 10.6 Å². The molecule has 10 nitrogen and oxygen atoms in total. The average Bonchev–Trinajstić information content (AvgIpc) is 3.50. The van der Waals surface area contributed by atoms with E-state index in [1.807, 2.05) is 15.4 Å². The van der Waals surface area contributed by atoms with Crippen LogP contribution in [0.1, 0.15) is 43.1 Å². The molecular formula is C30H40N6O4Si. The predicted molar refractivity (Wildman–Crippen MR) is 164 cm³/mol. The molecule has 1 aliphatic carbocycles. The largest absolute Gasteiger partial charge is 0.453 e. The van der Waals surface area contributed by atoms with Crippen molar-refractivity contribution in [2.24, 2.45) is 0 Å². The highest BCUT2D eigenvalue weighted by molar-refractivity contribution is 6.76. The number of methoxy groups -OCH3 is 1. The van der Waals surface area contributed by atoms with E-state index >= 15 is 0 Å². The molecule has 0 aliphatic heterocycles. The molecule has 3 heterocycles. The number of fused-ring (bicyclic) bond motifs is 2. The number of carbonyl (C=O) groups excluding carboxylic acids is 2. The van der Waals surface area contributed by atoms with Gasteiger partial charge < -0.3 is 24.7 Å². The van der Waals surface area contributed by atoms with Crippen molar-refractivity contribution in [3.63, 3.8) is 0 Å². The first-order valence-electron chi connectivity index (χ1n) is 14.2. The molecular weight excluding hydrogens is 536 g/mol. The Balaban J connectivity index is 1.54. The van der Waals surface area contributed by atoms with Gasteiger partial charge in [-0.15, -0.1) is 0 Å². The zero-order valence-electron chi connectivity index (χ0n) is 24.7. The van der Waals surface area contributed by atoms with Gasteiger partial charge >= 0.3 is 6.09 Å². The predicted octanol–water partition coefficient (Wildman–Crippen LogP) is 6.06. The number of alkyl carbamates (subject to hydrolysis) is 1. The van der Waals surface area contributed by atoms with Gasteiger partial charge in [0.1, 0.15) is 12.4 Å². The number of anilines is 1. The summed E-state index contributed by atoms with van der Waals surface area (Å²) in [5.74, 6) is 0. The summed E-state index contributed by atoms with van der Waals surface area (Å²) in [4.78, 5) is 28.6. The second-order valence-electron chi connectivity index (χ2n) is 12.4. The van der Waals surface area contributed by atoms with Crippen molar-refractivity contribution in [1.29, 1.82) is 0 Å². The maximum Gasteiger partial charge on any atom is 0.407 e. The number of aldehydes is 1. The Bertz CT molecular complexity index is 1560. The fraction of sp³-hybridized carbons (Fsp3) is 0.467. The number of rotatable bonds is 11. The Morgan fingerprint density at radius 1 is 1.20 bits per heavy atom. The lowest BCUT2D eigenvalue weighted by Gasteiger charge is -2.36. The summed E-state index contributed by atoms with van der Waals surface area (Å²) in [6.45, 7) is 12.3. The number of benzene rings is 1. The van der Waals surface area contributed by atoms with Crippen LogP contribution in [0.15, 0.2) is 36.8 Å². The number of pyridine rings is 1. The summed E-state index contributed by atoms with van der Waals surface area (Å²) >= 11 is 0. The van der Waals surface area contributed by atoms with Crippen molar-refractivity contribution in [1.82, 2.24) is 24.6 Å². The van der Waals surface area contributed by atoms with Gasteiger partial charge in [0.15, 0.2) is 6.29 Å². The highest BCUT2D eigenvalue weighted by Crippen LogP contribution is 2.39. The molecule has 4 aromatic rings. The molecule has 3 aromatic heterocycles. The molecule has 0 radical (unpaired) electrons. The van der Waals surface area contributed by atoms with E-state index in [4.69, 9.17) is 14.5 Å². The molecule has 0 saturated heterocycles. The molecule has 1 aromatic carbocycles. The second-order valence-corrected chi connectivity index (χ2v) is 18.0. The number of carbonyl (C=O) groups is 2. The van der Waals surface area contributed by atoms with Gasteiger partial charge in [0.2, 0.25) is 0 Å². The third-order valence-corrected chi connectivity index (χ3v) is 9.36. The van der Waals surface area contributed by atoms with E-state index in [-0.39, 0.29) is 18.1 Å². The first-order valence-corrected chi connectivity index (χ1v) is 17.9. The normalized spacial score (nSPS) is 17.1. The smallest absolute Gasteiger partial charge is 0.407 e. The Morgan fingerprint density at radius 2 is 1.98 bits per heavy atom. The average molecular weight is 577 g/mol. The second kappa shape index (κ2) is 11.7. The number of hydrogen-bond acceptors (Lipinski definition) is 7. The van der Waals surface area contributed by atoms with Crippen molar-refractivity contribution in [3.8, 4) is 11.1 Å². The molecule has 41 heavy (non-hydrogen) atoms. The lowest BCUT2D eigenvalue weighted by molar-refractivity contribution is 0.0899. The SMILES string of the molecule is COC(=O)NC1CC(Nc2c(C=O)cnc3c2c(-c2ccc4c(cnn4C(C)C)c2)cn3COCC[Si](C)(C)C)C1. The summed E-state index contributed by atoms with van der Waals surface area (Å²) < 4.78 is 14.9. The monoisotopic (exact) mass is 576 g/mol. The van der Waals surface area contributed by atoms with Crippen LogP contribution in [0.2, 0.25) is 25.7 Å². The van der Waals surface area contributed by atoms with Gasteiger partial charge in [0.25, 0.3) is 0 Å². The molecule has 218 valence electrons. The Hall–Kier alpha value is -3.70. The lowest BCUT2D eigenvalue weighted by Crippen LogP contribution is -2.49. The van der Waals surface area contributed by atoms with Crippen molar-refractivity contribution < 1.29 is 19.1 Å². The third kappa shape index (κ3) is 6.15. The summed E-state index contributed by atoms with van der Waals surface area (Å²) in [7, 11) is 0.135. The van der Waals surface area contributed by atoms with Crippen LogP contribution in [0.4, 0.5) is 10.5 Å². The topological polar surface area (TPSA) is 112 Å². The molecule has 1 fully saturated rings. The van der Waals surface area contributed by atoms with Crippen LogP contribution in [0.3, 0.4) is 0 Å².